The highest BCUT2D eigenvalue weighted by atomic mass is 35.5. The second-order valence-electron chi connectivity index (χ2n) is 4.23. The summed E-state index contributed by atoms with van der Waals surface area (Å²) in [6.45, 7) is 4.01. The highest BCUT2D eigenvalue weighted by molar-refractivity contribution is 6.29. The summed E-state index contributed by atoms with van der Waals surface area (Å²) in [5, 5.41) is 10.6. The maximum atomic E-state index is 5.81. The lowest BCUT2D eigenvalue weighted by molar-refractivity contribution is 0.760. The first-order valence-electron chi connectivity index (χ1n) is 5.60. The highest BCUT2D eigenvalue weighted by Gasteiger charge is 2.08. The lowest BCUT2D eigenvalue weighted by atomic mass is 10.2. The molecule has 2 aromatic rings. The van der Waals surface area contributed by atoms with Crippen molar-refractivity contribution < 1.29 is 0 Å². The van der Waals surface area contributed by atoms with Crippen molar-refractivity contribution in [2.24, 2.45) is 0 Å². The van der Waals surface area contributed by atoms with Gasteiger partial charge in [0.15, 0.2) is 0 Å². The summed E-state index contributed by atoms with van der Waals surface area (Å²) < 4.78 is 0. The molecule has 1 atom stereocenters. The summed E-state index contributed by atoms with van der Waals surface area (Å²) in [5.74, 6) is 0.778. The fraction of sp³-hybridized carbons (Fsp3) is 0.364. The van der Waals surface area contributed by atoms with Gasteiger partial charge in [-0.3, -0.25) is 5.10 Å². The molecule has 0 radical (unpaired) electrons. The maximum absolute atomic E-state index is 5.81. The van der Waals surface area contributed by atoms with E-state index in [4.69, 9.17) is 17.3 Å². The third-order valence-electron chi connectivity index (χ3n) is 2.38. The highest BCUT2D eigenvalue weighted by Crippen LogP contribution is 2.14. The molecule has 1 unspecified atom stereocenters. The standard InChI is InChI=1S/C11H15ClN6/c1-6(3-8-4-7(2)17-18-8)14-10-5-9(12)15-11(13)16-10/h4-6H,3H2,1-2H3,(H,17,18)(H3,13,14,15,16). The Balaban J connectivity index is 2.00. The van der Waals surface area contributed by atoms with Crippen LogP contribution < -0.4 is 11.1 Å². The van der Waals surface area contributed by atoms with Gasteiger partial charge in [0, 0.05) is 24.2 Å². The number of aromatic amines is 1. The van der Waals surface area contributed by atoms with Crippen molar-refractivity contribution >= 4 is 23.4 Å². The minimum Gasteiger partial charge on any atom is -0.368 e. The Morgan fingerprint density at radius 2 is 2.22 bits per heavy atom. The van der Waals surface area contributed by atoms with Crippen molar-refractivity contribution in [1.29, 1.82) is 0 Å². The Kier molecular flexibility index (Phi) is 3.66. The van der Waals surface area contributed by atoms with Crippen molar-refractivity contribution in [3.63, 3.8) is 0 Å². The van der Waals surface area contributed by atoms with Gasteiger partial charge in [-0.1, -0.05) is 11.6 Å². The lowest BCUT2D eigenvalue weighted by Crippen LogP contribution is -2.19. The van der Waals surface area contributed by atoms with E-state index in [1.807, 2.05) is 19.9 Å². The van der Waals surface area contributed by atoms with Crippen LogP contribution in [0, 0.1) is 6.92 Å². The van der Waals surface area contributed by atoms with Crippen LogP contribution >= 0.6 is 11.6 Å². The van der Waals surface area contributed by atoms with Crippen LogP contribution in [0.1, 0.15) is 18.3 Å². The number of nitrogens with one attached hydrogen (secondary N) is 2. The fourth-order valence-electron chi connectivity index (χ4n) is 1.71. The first kappa shape index (κ1) is 12.6. The van der Waals surface area contributed by atoms with E-state index < -0.39 is 0 Å². The van der Waals surface area contributed by atoms with Gasteiger partial charge in [0.25, 0.3) is 0 Å². The lowest BCUT2D eigenvalue weighted by Gasteiger charge is -2.13. The van der Waals surface area contributed by atoms with E-state index in [1.54, 1.807) is 6.07 Å². The number of nitrogens with two attached hydrogens (primary N) is 1. The van der Waals surface area contributed by atoms with E-state index in [0.717, 1.165) is 17.8 Å². The zero-order valence-electron chi connectivity index (χ0n) is 10.2. The SMILES string of the molecule is Cc1cc(CC(C)Nc2cc(Cl)nc(N)n2)n[nH]1. The molecule has 0 aliphatic rings. The molecule has 7 heteroatoms. The number of H-pyrrole nitrogens is 1. The van der Waals surface area contributed by atoms with Crippen LogP contribution in [-0.2, 0) is 6.42 Å². The van der Waals surface area contributed by atoms with Gasteiger partial charge in [0.2, 0.25) is 5.95 Å². The largest absolute Gasteiger partial charge is 0.368 e. The van der Waals surface area contributed by atoms with Crippen molar-refractivity contribution in [3.05, 3.63) is 28.7 Å². The van der Waals surface area contributed by atoms with Gasteiger partial charge >= 0.3 is 0 Å². The quantitative estimate of drug-likeness (QED) is 0.734. The van der Waals surface area contributed by atoms with Gasteiger partial charge < -0.3 is 11.1 Å². The first-order valence-corrected chi connectivity index (χ1v) is 5.98. The summed E-state index contributed by atoms with van der Waals surface area (Å²) in [6, 6.07) is 3.82. The molecule has 0 saturated carbocycles. The van der Waals surface area contributed by atoms with E-state index >= 15 is 0 Å². The molecule has 6 nitrogen and oxygen atoms in total. The average molecular weight is 267 g/mol. The molecule has 18 heavy (non-hydrogen) atoms. The van der Waals surface area contributed by atoms with E-state index in [0.29, 0.717) is 11.0 Å². The third-order valence-corrected chi connectivity index (χ3v) is 2.57. The topological polar surface area (TPSA) is 92.5 Å². The van der Waals surface area contributed by atoms with Crippen LogP contribution in [0.25, 0.3) is 0 Å². The van der Waals surface area contributed by atoms with E-state index in [2.05, 4.69) is 25.5 Å². The molecule has 0 amide bonds. The van der Waals surface area contributed by atoms with Crippen LogP contribution in [-0.4, -0.2) is 26.2 Å². The summed E-state index contributed by atoms with van der Waals surface area (Å²) in [6.07, 6.45) is 0.784. The van der Waals surface area contributed by atoms with Crippen LogP contribution in [0.15, 0.2) is 12.1 Å². The Morgan fingerprint density at radius 1 is 1.44 bits per heavy atom. The Morgan fingerprint density at radius 3 is 2.83 bits per heavy atom. The third kappa shape index (κ3) is 3.33. The number of anilines is 2. The van der Waals surface area contributed by atoms with Gasteiger partial charge in [-0.15, -0.1) is 0 Å². The molecule has 2 heterocycles. The number of aryl methyl sites for hydroxylation is 1. The number of nitrogen functional groups attached to an aromatic ring is 1. The smallest absolute Gasteiger partial charge is 0.223 e. The summed E-state index contributed by atoms with van der Waals surface area (Å²) in [5.41, 5.74) is 7.58. The van der Waals surface area contributed by atoms with Gasteiger partial charge in [0.05, 0.1) is 5.69 Å². The normalized spacial score (nSPS) is 12.4. The Bertz CT molecular complexity index is 518. The Hall–Kier alpha value is -1.82. The van der Waals surface area contributed by atoms with Crippen molar-refractivity contribution in [1.82, 2.24) is 20.2 Å². The summed E-state index contributed by atoms with van der Waals surface area (Å²) in [4.78, 5) is 7.87. The zero-order valence-corrected chi connectivity index (χ0v) is 11.0. The minimum absolute atomic E-state index is 0.160. The number of aromatic nitrogens is 4. The molecule has 0 aliphatic carbocycles. The van der Waals surface area contributed by atoms with Crippen LogP contribution in [0.2, 0.25) is 5.15 Å². The molecule has 0 aliphatic heterocycles. The summed E-state index contributed by atoms with van der Waals surface area (Å²) >= 11 is 5.81. The molecule has 0 spiro atoms. The van der Waals surface area contributed by atoms with Crippen molar-refractivity contribution in [3.8, 4) is 0 Å². The van der Waals surface area contributed by atoms with Gasteiger partial charge in [0.1, 0.15) is 11.0 Å². The molecule has 2 aromatic heterocycles. The summed E-state index contributed by atoms with van der Waals surface area (Å²) in [7, 11) is 0. The van der Waals surface area contributed by atoms with Crippen LogP contribution in [0.4, 0.5) is 11.8 Å². The maximum Gasteiger partial charge on any atom is 0.223 e. The average Bonchev–Trinajstić information content (AvgIpc) is 2.61. The molecule has 4 N–H and O–H groups in total. The minimum atomic E-state index is 0.160. The van der Waals surface area contributed by atoms with Crippen LogP contribution in [0.3, 0.4) is 0 Å². The number of hydrogen-bond acceptors (Lipinski definition) is 5. The second kappa shape index (κ2) is 5.22. The number of nitrogens with zero attached hydrogens (tertiary/aromatic N) is 3. The van der Waals surface area contributed by atoms with Gasteiger partial charge in [-0.2, -0.15) is 10.1 Å². The van der Waals surface area contributed by atoms with Gasteiger partial charge in [-0.05, 0) is 19.9 Å². The first-order chi connectivity index (χ1) is 8.52. The van der Waals surface area contributed by atoms with Crippen molar-refractivity contribution in [2.75, 3.05) is 11.1 Å². The molecular weight excluding hydrogens is 252 g/mol. The van der Waals surface area contributed by atoms with Crippen LogP contribution in [0.5, 0.6) is 0 Å². The second-order valence-corrected chi connectivity index (χ2v) is 4.61. The van der Waals surface area contributed by atoms with Crippen molar-refractivity contribution in [2.45, 2.75) is 26.3 Å². The van der Waals surface area contributed by atoms with E-state index in [-0.39, 0.29) is 12.0 Å². The predicted molar refractivity (Wildman–Crippen MR) is 71.6 cm³/mol. The zero-order chi connectivity index (χ0) is 13.1. The molecule has 0 bridgehead atoms. The number of halogens is 1. The monoisotopic (exact) mass is 266 g/mol. The molecule has 0 saturated heterocycles. The van der Waals surface area contributed by atoms with E-state index in [9.17, 15) is 0 Å². The predicted octanol–water partition coefficient (Wildman–Crippen LogP) is 1.79. The molecular formula is C11H15ClN6. The van der Waals surface area contributed by atoms with Gasteiger partial charge in [-0.25, -0.2) is 4.98 Å². The molecule has 0 aromatic carbocycles. The number of hydrogen-bond donors (Lipinski definition) is 3. The van der Waals surface area contributed by atoms with E-state index in [1.165, 1.54) is 0 Å². The Labute approximate surface area is 110 Å². The fourth-order valence-corrected chi connectivity index (χ4v) is 1.90. The molecule has 2 rings (SSSR count). The number of rotatable bonds is 4. The molecule has 0 fully saturated rings. The molecule has 96 valence electrons.